The van der Waals surface area contributed by atoms with Crippen molar-refractivity contribution < 1.29 is 28.3 Å². The molecule has 4 aromatic carbocycles. The molecule has 2 aliphatic rings. The van der Waals surface area contributed by atoms with Crippen molar-refractivity contribution in [3.63, 3.8) is 0 Å². The number of carbonyl (C=O) groups is 1. The van der Waals surface area contributed by atoms with Gasteiger partial charge in [-0.3, -0.25) is 20.0 Å². The smallest absolute Gasteiger partial charge is 0.239 e. The molecule has 0 radical (unpaired) electrons. The number of nitrogens with zero attached hydrogens (tertiary/aromatic N) is 3. The largest absolute Gasteiger partial charge is 0.497 e. The van der Waals surface area contributed by atoms with Crippen LogP contribution < -0.4 is 19.5 Å². The number of aryl methyl sites for hydroxylation is 1. The van der Waals surface area contributed by atoms with Gasteiger partial charge in [0.1, 0.15) is 41.7 Å². The molecule has 2 fully saturated rings. The Bertz CT molecular complexity index is 2210. The standard InChI is InChI=1S/C43H42N4O6/c1-28-25-38(52-27-29-7-4-3-5-8-29)36(33-16-17-37(40-34(33)9-6-18-44-40)51-24-21-47-19-22-50-23-20-47)26-35(28)41-39(30-12-14-32(49-2)15-13-30)43(53-46-41)45-42(48)31-10-11-31/h3-9,12-18,25-26,31H,10-11,19-24,27H2,1-2H3,(H,45,48). The lowest BCUT2D eigenvalue weighted by molar-refractivity contribution is -0.117. The van der Waals surface area contributed by atoms with E-state index in [2.05, 4.69) is 51.8 Å². The zero-order valence-electron chi connectivity index (χ0n) is 30.0. The fourth-order valence-electron chi connectivity index (χ4n) is 6.75. The molecule has 8 rings (SSSR count). The van der Waals surface area contributed by atoms with Gasteiger partial charge in [0.05, 0.1) is 25.9 Å². The Morgan fingerprint density at radius 2 is 1.70 bits per heavy atom. The number of methoxy groups -OCH3 is 1. The molecule has 3 heterocycles. The molecule has 0 atom stereocenters. The number of aromatic nitrogens is 2. The highest BCUT2D eigenvalue weighted by atomic mass is 16.5. The van der Waals surface area contributed by atoms with E-state index in [9.17, 15) is 4.79 Å². The Labute approximate surface area is 308 Å². The number of hydrogen-bond donors (Lipinski definition) is 1. The summed E-state index contributed by atoms with van der Waals surface area (Å²) >= 11 is 0. The van der Waals surface area contributed by atoms with E-state index in [1.54, 1.807) is 13.3 Å². The summed E-state index contributed by atoms with van der Waals surface area (Å²) in [4.78, 5) is 20.1. The van der Waals surface area contributed by atoms with Gasteiger partial charge in [-0.15, -0.1) is 0 Å². The van der Waals surface area contributed by atoms with Gasteiger partial charge in [0, 0.05) is 48.3 Å². The third-order valence-electron chi connectivity index (χ3n) is 9.87. The Kier molecular flexibility index (Phi) is 10.0. The molecule has 10 heteroatoms. The molecule has 2 aromatic heterocycles. The second kappa shape index (κ2) is 15.5. The van der Waals surface area contributed by atoms with Crippen LogP contribution in [-0.4, -0.2) is 67.5 Å². The Balaban J connectivity index is 1.22. The van der Waals surface area contributed by atoms with Crippen molar-refractivity contribution in [1.82, 2.24) is 15.0 Å². The van der Waals surface area contributed by atoms with Gasteiger partial charge in [-0.2, -0.15) is 0 Å². The van der Waals surface area contributed by atoms with Crippen LogP contribution in [0.1, 0.15) is 24.0 Å². The number of anilines is 1. The lowest BCUT2D eigenvalue weighted by Gasteiger charge is -2.26. The molecular weight excluding hydrogens is 668 g/mol. The molecular formula is C43H42N4O6. The summed E-state index contributed by atoms with van der Waals surface area (Å²) < 4.78 is 29.8. The highest BCUT2D eigenvalue weighted by Crippen LogP contribution is 2.45. The average molecular weight is 711 g/mol. The number of carbonyl (C=O) groups excluding carboxylic acids is 1. The third kappa shape index (κ3) is 7.60. The van der Waals surface area contributed by atoms with Gasteiger partial charge in [0.25, 0.3) is 0 Å². The predicted octanol–water partition coefficient (Wildman–Crippen LogP) is 8.18. The summed E-state index contributed by atoms with van der Waals surface area (Å²) in [6.45, 7) is 7.10. The quantitative estimate of drug-likeness (QED) is 0.127. The first-order chi connectivity index (χ1) is 26.1. The molecule has 1 aliphatic heterocycles. The lowest BCUT2D eigenvalue weighted by atomic mass is 9.92. The number of pyridine rings is 1. The highest BCUT2D eigenvalue weighted by Gasteiger charge is 2.32. The average Bonchev–Trinajstić information content (AvgIpc) is 3.99. The molecule has 1 saturated carbocycles. The van der Waals surface area contributed by atoms with Crippen molar-refractivity contribution in [1.29, 1.82) is 0 Å². The lowest BCUT2D eigenvalue weighted by Crippen LogP contribution is -2.38. The molecule has 0 spiro atoms. The Morgan fingerprint density at radius 1 is 0.887 bits per heavy atom. The van der Waals surface area contributed by atoms with Crippen LogP contribution in [0.4, 0.5) is 5.88 Å². The topological polar surface area (TPSA) is 108 Å². The number of hydrogen-bond acceptors (Lipinski definition) is 9. The number of rotatable bonds is 13. The van der Waals surface area contributed by atoms with Crippen molar-refractivity contribution in [2.24, 2.45) is 5.92 Å². The first kappa shape index (κ1) is 34.4. The number of ether oxygens (including phenoxy) is 4. The summed E-state index contributed by atoms with van der Waals surface area (Å²) in [6.07, 6.45) is 3.54. The molecule has 1 amide bonds. The van der Waals surface area contributed by atoms with Gasteiger partial charge in [0.15, 0.2) is 0 Å². The van der Waals surface area contributed by atoms with Crippen LogP contribution in [-0.2, 0) is 16.1 Å². The van der Waals surface area contributed by atoms with Crippen molar-refractivity contribution >= 4 is 22.7 Å². The van der Waals surface area contributed by atoms with E-state index in [0.29, 0.717) is 30.4 Å². The number of fused-ring (bicyclic) bond motifs is 1. The minimum absolute atomic E-state index is 0.00476. The van der Waals surface area contributed by atoms with Crippen LogP contribution >= 0.6 is 0 Å². The predicted molar refractivity (Wildman–Crippen MR) is 204 cm³/mol. The maximum absolute atomic E-state index is 13.0. The first-order valence-corrected chi connectivity index (χ1v) is 18.1. The van der Waals surface area contributed by atoms with Gasteiger partial charge in [-0.1, -0.05) is 53.7 Å². The van der Waals surface area contributed by atoms with Gasteiger partial charge in [-0.05, 0) is 84.5 Å². The molecule has 6 aromatic rings. The van der Waals surface area contributed by atoms with Crippen LogP contribution in [0.2, 0.25) is 0 Å². The van der Waals surface area contributed by atoms with Crippen molar-refractivity contribution in [3.8, 4) is 50.8 Å². The number of nitrogens with one attached hydrogen (secondary N) is 1. The molecule has 1 saturated heterocycles. The van der Waals surface area contributed by atoms with Crippen LogP contribution in [0, 0.1) is 12.8 Å². The summed E-state index contributed by atoms with van der Waals surface area (Å²) in [5.74, 6) is 2.43. The van der Waals surface area contributed by atoms with Crippen LogP contribution in [0.25, 0.3) is 44.4 Å². The molecule has 270 valence electrons. The van der Waals surface area contributed by atoms with Gasteiger partial charge in [-0.25, -0.2) is 0 Å². The minimum atomic E-state index is -0.0595. The zero-order chi connectivity index (χ0) is 36.1. The highest BCUT2D eigenvalue weighted by molar-refractivity contribution is 6.02. The Hall–Kier alpha value is -5.71. The molecule has 10 nitrogen and oxygen atoms in total. The van der Waals surface area contributed by atoms with E-state index in [0.717, 1.165) is 107 Å². The first-order valence-electron chi connectivity index (χ1n) is 18.1. The van der Waals surface area contributed by atoms with Crippen LogP contribution in [0.5, 0.6) is 17.2 Å². The summed E-state index contributed by atoms with van der Waals surface area (Å²) in [7, 11) is 1.64. The molecule has 1 aliphatic carbocycles. The van der Waals surface area contributed by atoms with Crippen LogP contribution in [0.3, 0.4) is 0 Å². The van der Waals surface area contributed by atoms with Gasteiger partial charge in [0.2, 0.25) is 11.8 Å². The summed E-state index contributed by atoms with van der Waals surface area (Å²) in [5, 5.41) is 8.55. The minimum Gasteiger partial charge on any atom is -0.497 e. The number of benzene rings is 4. The van der Waals surface area contributed by atoms with Crippen LogP contribution in [0.15, 0.2) is 102 Å². The number of morpholine rings is 1. The number of amides is 1. The summed E-state index contributed by atoms with van der Waals surface area (Å²) in [5.41, 5.74) is 7.57. The zero-order valence-corrected chi connectivity index (χ0v) is 30.0. The maximum Gasteiger partial charge on any atom is 0.239 e. The molecule has 0 unspecified atom stereocenters. The fourth-order valence-corrected chi connectivity index (χ4v) is 6.75. The normalized spacial score (nSPS) is 14.6. The second-order valence-electron chi connectivity index (χ2n) is 13.5. The van der Waals surface area contributed by atoms with E-state index < -0.39 is 0 Å². The fraction of sp³-hybridized carbons (Fsp3) is 0.279. The van der Waals surface area contributed by atoms with E-state index in [1.165, 1.54) is 0 Å². The van der Waals surface area contributed by atoms with E-state index in [1.807, 2.05) is 61.5 Å². The second-order valence-corrected chi connectivity index (χ2v) is 13.5. The molecule has 53 heavy (non-hydrogen) atoms. The Morgan fingerprint density at radius 3 is 2.47 bits per heavy atom. The third-order valence-corrected chi connectivity index (χ3v) is 9.87. The molecule has 0 bridgehead atoms. The summed E-state index contributed by atoms with van der Waals surface area (Å²) in [6, 6.07) is 30.0. The SMILES string of the molecule is COc1ccc(-c2c(-c3cc(-c4ccc(OCCN5CCOCC5)c5ncccc45)c(OCc4ccccc4)cc3C)noc2NC(=O)C2CC2)cc1. The van der Waals surface area contributed by atoms with E-state index in [4.69, 9.17) is 28.5 Å². The van der Waals surface area contributed by atoms with Crippen molar-refractivity contribution in [3.05, 3.63) is 108 Å². The van der Waals surface area contributed by atoms with E-state index in [-0.39, 0.29) is 11.8 Å². The van der Waals surface area contributed by atoms with Gasteiger partial charge >= 0.3 is 0 Å². The van der Waals surface area contributed by atoms with Crippen molar-refractivity contribution in [2.75, 3.05) is 51.9 Å². The maximum atomic E-state index is 13.0. The monoisotopic (exact) mass is 710 g/mol. The van der Waals surface area contributed by atoms with Crippen molar-refractivity contribution in [2.45, 2.75) is 26.4 Å². The van der Waals surface area contributed by atoms with Gasteiger partial charge < -0.3 is 23.5 Å². The molecule has 1 N–H and O–H groups in total. The van der Waals surface area contributed by atoms with E-state index >= 15 is 0 Å².